The third-order valence-electron chi connectivity index (χ3n) is 3.93. The number of aryl methyl sites for hydroxylation is 1. The normalized spacial score (nSPS) is 23.4. The molecule has 96 valence electrons. The van der Waals surface area contributed by atoms with E-state index >= 15 is 0 Å². The van der Waals surface area contributed by atoms with Crippen LogP contribution in [-0.2, 0) is 4.79 Å². The lowest BCUT2D eigenvalue weighted by atomic mass is 10.1. The zero-order valence-electron chi connectivity index (χ0n) is 10.6. The standard InChI is InChI=1S/C13H18N4O/c1-9-11(14)3-4-12(15-9)16-6-7-17-10(8-16)2-5-13(17)18/h3-4,10H,2,5-8,14H2,1H3. The Hall–Kier alpha value is -1.78. The topological polar surface area (TPSA) is 62.5 Å². The molecule has 1 aromatic heterocycles. The van der Waals surface area contributed by atoms with Crippen molar-refractivity contribution in [1.82, 2.24) is 9.88 Å². The fraction of sp³-hybridized carbons (Fsp3) is 0.538. The number of amides is 1. The van der Waals surface area contributed by atoms with Crippen molar-refractivity contribution in [2.75, 3.05) is 30.3 Å². The molecule has 0 aromatic carbocycles. The van der Waals surface area contributed by atoms with Crippen molar-refractivity contribution in [2.45, 2.75) is 25.8 Å². The minimum absolute atomic E-state index is 0.307. The van der Waals surface area contributed by atoms with Gasteiger partial charge in [0.15, 0.2) is 0 Å². The highest BCUT2D eigenvalue weighted by molar-refractivity contribution is 5.79. The van der Waals surface area contributed by atoms with E-state index in [0.29, 0.717) is 18.4 Å². The van der Waals surface area contributed by atoms with E-state index in [1.54, 1.807) is 0 Å². The van der Waals surface area contributed by atoms with E-state index in [1.165, 1.54) is 0 Å². The summed E-state index contributed by atoms with van der Waals surface area (Å²) in [6, 6.07) is 4.24. The molecule has 5 nitrogen and oxygen atoms in total. The maximum atomic E-state index is 11.6. The molecule has 2 fully saturated rings. The summed E-state index contributed by atoms with van der Waals surface area (Å²) in [6.07, 6.45) is 1.68. The molecule has 2 aliphatic heterocycles. The van der Waals surface area contributed by atoms with Crippen molar-refractivity contribution < 1.29 is 4.79 Å². The third-order valence-corrected chi connectivity index (χ3v) is 3.93. The van der Waals surface area contributed by atoms with Crippen LogP contribution in [-0.4, -0.2) is 41.5 Å². The lowest BCUT2D eigenvalue weighted by molar-refractivity contribution is -0.129. The van der Waals surface area contributed by atoms with Gasteiger partial charge in [0.2, 0.25) is 5.91 Å². The number of hydrogen-bond acceptors (Lipinski definition) is 4. The summed E-state index contributed by atoms with van der Waals surface area (Å²) in [7, 11) is 0. The Morgan fingerprint density at radius 1 is 1.39 bits per heavy atom. The number of hydrogen-bond donors (Lipinski definition) is 1. The SMILES string of the molecule is Cc1nc(N2CCN3C(=O)CCC3C2)ccc1N. The number of fused-ring (bicyclic) bond motifs is 1. The second-order valence-electron chi connectivity index (χ2n) is 5.07. The highest BCUT2D eigenvalue weighted by Crippen LogP contribution is 2.26. The molecule has 3 heterocycles. The summed E-state index contributed by atoms with van der Waals surface area (Å²) in [5, 5.41) is 0. The van der Waals surface area contributed by atoms with Crippen molar-refractivity contribution in [3.63, 3.8) is 0 Å². The Morgan fingerprint density at radius 2 is 2.22 bits per heavy atom. The molecule has 1 atom stereocenters. The van der Waals surface area contributed by atoms with Crippen LogP contribution in [0.1, 0.15) is 18.5 Å². The number of rotatable bonds is 1. The van der Waals surface area contributed by atoms with Gasteiger partial charge in [-0.05, 0) is 25.5 Å². The summed E-state index contributed by atoms with van der Waals surface area (Å²) in [4.78, 5) is 20.4. The first-order valence-electron chi connectivity index (χ1n) is 6.42. The Bertz CT molecular complexity index is 488. The third kappa shape index (κ3) is 1.79. The number of pyridine rings is 1. The molecular weight excluding hydrogens is 228 g/mol. The second kappa shape index (κ2) is 4.15. The summed E-state index contributed by atoms with van der Waals surface area (Å²) in [5.41, 5.74) is 7.39. The number of anilines is 2. The monoisotopic (exact) mass is 246 g/mol. The highest BCUT2D eigenvalue weighted by atomic mass is 16.2. The van der Waals surface area contributed by atoms with Gasteiger partial charge in [0.25, 0.3) is 0 Å². The molecule has 1 amide bonds. The van der Waals surface area contributed by atoms with Gasteiger partial charge in [0.05, 0.1) is 11.4 Å². The highest BCUT2D eigenvalue weighted by Gasteiger charge is 2.35. The fourth-order valence-corrected chi connectivity index (χ4v) is 2.81. The number of aromatic nitrogens is 1. The van der Waals surface area contributed by atoms with E-state index in [9.17, 15) is 4.79 Å². The summed E-state index contributed by atoms with van der Waals surface area (Å²) in [6.45, 7) is 4.49. The van der Waals surface area contributed by atoms with Gasteiger partial charge in [-0.3, -0.25) is 4.79 Å². The summed E-state index contributed by atoms with van der Waals surface area (Å²) in [5.74, 6) is 1.28. The molecule has 2 aliphatic rings. The molecule has 0 spiro atoms. The number of piperazine rings is 1. The predicted molar refractivity (Wildman–Crippen MR) is 70.3 cm³/mol. The Morgan fingerprint density at radius 3 is 3.00 bits per heavy atom. The molecule has 0 aliphatic carbocycles. The molecule has 0 bridgehead atoms. The van der Waals surface area contributed by atoms with E-state index in [1.807, 2.05) is 24.0 Å². The number of nitrogen functional groups attached to an aromatic ring is 1. The van der Waals surface area contributed by atoms with Crippen LogP contribution in [0.3, 0.4) is 0 Å². The smallest absolute Gasteiger partial charge is 0.223 e. The van der Waals surface area contributed by atoms with Crippen molar-refractivity contribution in [3.05, 3.63) is 17.8 Å². The Labute approximate surface area is 107 Å². The van der Waals surface area contributed by atoms with E-state index in [2.05, 4.69) is 9.88 Å². The first-order valence-corrected chi connectivity index (χ1v) is 6.42. The van der Waals surface area contributed by atoms with Crippen molar-refractivity contribution in [3.8, 4) is 0 Å². The van der Waals surface area contributed by atoms with Gasteiger partial charge in [0.1, 0.15) is 5.82 Å². The van der Waals surface area contributed by atoms with Gasteiger partial charge >= 0.3 is 0 Å². The molecule has 2 N–H and O–H groups in total. The van der Waals surface area contributed by atoms with Gasteiger partial charge in [0, 0.05) is 32.1 Å². The van der Waals surface area contributed by atoms with Crippen LogP contribution < -0.4 is 10.6 Å². The van der Waals surface area contributed by atoms with E-state index < -0.39 is 0 Å². The van der Waals surface area contributed by atoms with Crippen LogP contribution >= 0.6 is 0 Å². The Kier molecular flexibility index (Phi) is 2.61. The maximum absolute atomic E-state index is 11.6. The molecule has 5 heteroatoms. The summed E-state index contributed by atoms with van der Waals surface area (Å²) >= 11 is 0. The van der Waals surface area contributed by atoms with Gasteiger partial charge in [-0.1, -0.05) is 0 Å². The zero-order chi connectivity index (χ0) is 12.7. The molecule has 18 heavy (non-hydrogen) atoms. The first kappa shape index (κ1) is 11.3. The van der Waals surface area contributed by atoms with Gasteiger partial charge in [-0.25, -0.2) is 4.98 Å². The molecule has 2 saturated heterocycles. The van der Waals surface area contributed by atoms with Gasteiger partial charge in [-0.15, -0.1) is 0 Å². The number of carbonyl (C=O) groups is 1. The minimum atomic E-state index is 0.307. The quantitative estimate of drug-likeness (QED) is 0.795. The zero-order valence-corrected chi connectivity index (χ0v) is 10.6. The van der Waals surface area contributed by atoms with Gasteiger partial charge < -0.3 is 15.5 Å². The van der Waals surface area contributed by atoms with E-state index in [-0.39, 0.29) is 0 Å². The lowest BCUT2D eigenvalue weighted by Crippen LogP contribution is -2.51. The molecule has 0 radical (unpaired) electrons. The number of nitrogens with two attached hydrogens (primary N) is 1. The number of carbonyl (C=O) groups excluding carboxylic acids is 1. The van der Waals surface area contributed by atoms with Crippen LogP contribution in [0, 0.1) is 6.92 Å². The molecule has 1 aromatic rings. The van der Waals surface area contributed by atoms with Crippen LogP contribution in [0.2, 0.25) is 0 Å². The Balaban J connectivity index is 1.78. The average Bonchev–Trinajstić information content (AvgIpc) is 2.74. The average molecular weight is 246 g/mol. The van der Waals surface area contributed by atoms with E-state index in [4.69, 9.17) is 5.73 Å². The molecule has 1 unspecified atom stereocenters. The molecule has 3 rings (SSSR count). The van der Waals surface area contributed by atoms with Crippen molar-refractivity contribution in [2.24, 2.45) is 0 Å². The van der Waals surface area contributed by atoms with E-state index in [0.717, 1.165) is 43.3 Å². The fourth-order valence-electron chi connectivity index (χ4n) is 2.81. The maximum Gasteiger partial charge on any atom is 0.223 e. The minimum Gasteiger partial charge on any atom is -0.397 e. The van der Waals surface area contributed by atoms with Crippen LogP contribution in [0.5, 0.6) is 0 Å². The lowest BCUT2D eigenvalue weighted by Gasteiger charge is -2.38. The predicted octanol–water partition coefficient (Wildman–Crippen LogP) is 0.783. The van der Waals surface area contributed by atoms with Gasteiger partial charge in [-0.2, -0.15) is 0 Å². The van der Waals surface area contributed by atoms with Crippen molar-refractivity contribution >= 4 is 17.4 Å². The summed E-state index contributed by atoms with van der Waals surface area (Å²) < 4.78 is 0. The van der Waals surface area contributed by atoms with Crippen LogP contribution in [0.15, 0.2) is 12.1 Å². The van der Waals surface area contributed by atoms with Crippen molar-refractivity contribution in [1.29, 1.82) is 0 Å². The van der Waals surface area contributed by atoms with Crippen LogP contribution in [0.4, 0.5) is 11.5 Å². The van der Waals surface area contributed by atoms with Crippen LogP contribution in [0.25, 0.3) is 0 Å². The molecule has 0 saturated carbocycles. The second-order valence-corrected chi connectivity index (χ2v) is 5.07. The molecular formula is C13H18N4O. The largest absolute Gasteiger partial charge is 0.397 e. The first-order chi connectivity index (χ1) is 8.65. The number of nitrogens with zero attached hydrogens (tertiary/aromatic N) is 3.